The highest BCUT2D eigenvalue weighted by Gasteiger charge is 2.17. The molecule has 0 radical (unpaired) electrons. The molecule has 1 aromatic carbocycles. The van der Waals surface area contributed by atoms with Crippen LogP contribution in [0.3, 0.4) is 0 Å². The van der Waals surface area contributed by atoms with Gasteiger partial charge in [-0.1, -0.05) is 0 Å². The fraction of sp³-hybridized carbons (Fsp3) is 0.273. The summed E-state index contributed by atoms with van der Waals surface area (Å²) in [7, 11) is 0. The number of rotatable bonds is 6. The first-order valence-corrected chi connectivity index (χ1v) is 5.27. The van der Waals surface area contributed by atoms with Crippen molar-refractivity contribution in [2.75, 3.05) is 19.8 Å². The molecule has 0 atom stereocenters. The monoisotopic (exact) mass is 265 g/mol. The molecule has 1 aromatic rings. The van der Waals surface area contributed by atoms with Gasteiger partial charge >= 0.3 is 5.69 Å². The molecule has 0 aromatic heterocycles. The Kier molecular flexibility index (Phi) is 5.25. The summed E-state index contributed by atoms with van der Waals surface area (Å²) in [5, 5.41) is 30.3. The SMILES string of the molecule is N#Cc1ccc(OCC(=O)NCCO)c([N+](=O)[O-])c1. The third-order valence-corrected chi connectivity index (χ3v) is 2.08. The minimum atomic E-state index is -0.693. The van der Waals surface area contributed by atoms with Crippen LogP contribution in [0.4, 0.5) is 5.69 Å². The first-order valence-electron chi connectivity index (χ1n) is 5.27. The lowest BCUT2D eigenvalue weighted by Gasteiger charge is -2.07. The maximum atomic E-state index is 11.2. The normalized spacial score (nSPS) is 9.47. The Morgan fingerprint density at radius 3 is 2.89 bits per heavy atom. The van der Waals surface area contributed by atoms with Gasteiger partial charge in [0.05, 0.1) is 23.2 Å². The van der Waals surface area contributed by atoms with Gasteiger partial charge in [-0.25, -0.2) is 0 Å². The molecule has 0 fully saturated rings. The van der Waals surface area contributed by atoms with Crippen molar-refractivity contribution in [1.82, 2.24) is 5.32 Å². The zero-order valence-corrected chi connectivity index (χ0v) is 9.83. The summed E-state index contributed by atoms with van der Waals surface area (Å²) < 4.78 is 5.01. The number of nitro groups is 1. The van der Waals surface area contributed by atoms with Crippen LogP contribution in [0.2, 0.25) is 0 Å². The summed E-state index contributed by atoms with van der Waals surface area (Å²) in [6.07, 6.45) is 0. The van der Waals surface area contributed by atoms with Crippen LogP contribution in [-0.2, 0) is 4.79 Å². The van der Waals surface area contributed by atoms with Gasteiger partial charge in [-0.15, -0.1) is 0 Å². The van der Waals surface area contributed by atoms with Gasteiger partial charge in [0.1, 0.15) is 0 Å². The van der Waals surface area contributed by atoms with Gasteiger partial charge in [0, 0.05) is 12.6 Å². The van der Waals surface area contributed by atoms with Crippen LogP contribution in [0.25, 0.3) is 0 Å². The van der Waals surface area contributed by atoms with Crippen LogP contribution >= 0.6 is 0 Å². The third-order valence-electron chi connectivity index (χ3n) is 2.08. The number of benzene rings is 1. The number of hydrogen-bond donors (Lipinski definition) is 2. The van der Waals surface area contributed by atoms with Crippen molar-refractivity contribution in [3.05, 3.63) is 33.9 Å². The number of aliphatic hydroxyl groups is 1. The van der Waals surface area contributed by atoms with E-state index in [4.69, 9.17) is 15.1 Å². The highest BCUT2D eigenvalue weighted by atomic mass is 16.6. The van der Waals surface area contributed by atoms with E-state index >= 15 is 0 Å². The molecule has 0 saturated heterocycles. The van der Waals surface area contributed by atoms with E-state index in [2.05, 4.69) is 5.32 Å². The summed E-state index contributed by atoms with van der Waals surface area (Å²) >= 11 is 0. The number of aliphatic hydroxyl groups excluding tert-OH is 1. The second-order valence-corrected chi connectivity index (χ2v) is 3.41. The molecule has 0 aliphatic rings. The standard InChI is InChI=1S/C11H11N3O5/c12-6-8-1-2-10(9(5-8)14(17)18)19-7-11(16)13-3-4-15/h1-2,5,15H,3-4,7H2,(H,13,16). The molecule has 1 rings (SSSR count). The quantitative estimate of drug-likeness (QED) is 0.548. The molecule has 100 valence electrons. The topological polar surface area (TPSA) is 125 Å². The Hall–Kier alpha value is -2.66. The van der Waals surface area contributed by atoms with E-state index in [1.165, 1.54) is 12.1 Å². The van der Waals surface area contributed by atoms with Gasteiger partial charge in [0.2, 0.25) is 0 Å². The molecule has 0 heterocycles. The van der Waals surface area contributed by atoms with Gasteiger partial charge in [-0.2, -0.15) is 5.26 Å². The number of amides is 1. The van der Waals surface area contributed by atoms with Crippen molar-refractivity contribution in [3.8, 4) is 11.8 Å². The van der Waals surface area contributed by atoms with Gasteiger partial charge in [-0.05, 0) is 12.1 Å². The predicted molar refractivity (Wildman–Crippen MR) is 63.4 cm³/mol. The smallest absolute Gasteiger partial charge is 0.312 e. The zero-order chi connectivity index (χ0) is 14.3. The molecule has 0 spiro atoms. The zero-order valence-electron chi connectivity index (χ0n) is 9.83. The number of ether oxygens (including phenoxy) is 1. The van der Waals surface area contributed by atoms with Gasteiger partial charge in [-0.3, -0.25) is 14.9 Å². The summed E-state index contributed by atoms with van der Waals surface area (Å²) in [6.45, 7) is -0.535. The van der Waals surface area contributed by atoms with Crippen molar-refractivity contribution >= 4 is 11.6 Å². The number of carbonyl (C=O) groups excluding carboxylic acids is 1. The fourth-order valence-electron chi connectivity index (χ4n) is 1.24. The Labute approximate surface area is 108 Å². The van der Waals surface area contributed by atoms with Crippen molar-refractivity contribution in [1.29, 1.82) is 5.26 Å². The molecule has 8 nitrogen and oxygen atoms in total. The largest absolute Gasteiger partial charge is 0.477 e. The number of nitriles is 1. The van der Waals surface area contributed by atoms with Crippen LogP contribution in [0.1, 0.15) is 5.56 Å². The van der Waals surface area contributed by atoms with E-state index in [9.17, 15) is 14.9 Å². The van der Waals surface area contributed by atoms with Crippen molar-refractivity contribution in [2.45, 2.75) is 0 Å². The van der Waals surface area contributed by atoms with Crippen LogP contribution in [0.15, 0.2) is 18.2 Å². The van der Waals surface area contributed by atoms with Crippen LogP contribution in [-0.4, -0.2) is 35.7 Å². The molecule has 19 heavy (non-hydrogen) atoms. The number of nitrogens with zero attached hydrogens (tertiary/aromatic N) is 2. The van der Waals surface area contributed by atoms with Gasteiger partial charge in [0.15, 0.2) is 12.4 Å². The fourth-order valence-corrected chi connectivity index (χ4v) is 1.24. The maximum absolute atomic E-state index is 11.2. The summed E-state index contributed by atoms with van der Waals surface area (Å²) in [5.74, 6) is -0.601. The number of hydrogen-bond acceptors (Lipinski definition) is 6. The molecule has 0 saturated carbocycles. The summed E-state index contributed by atoms with van der Waals surface area (Å²) in [5.41, 5.74) is -0.252. The van der Waals surface area contributed by atoms with Gasteiger partial charge in [0.25, 0.3) is 5.91 Å². The van der Waals surface area contributed by atoms with E-state index in [1.807, 2.05) is 0 Å². The van der Waals surface area contributed by atoms with Crippen LogP contribution < -0.4 is 10.1 Å². The highest BCUT2D eigenvalue weighted by Crippen LogP contribution is 2.27. The lowest BCUT2D eigenvalue weighted by molar-refractivity contribution is -0.385. The Bertz CT molecular complexity index is 524. The first kappa shape index (κ1) is 14.4. The number of carbonyl (C=O) groups is 1. The summed E-state index contributed by atoms with van der Waals surface area (Å²) in [4.78, 5) is 21.3. The van der Waals surface area contributed by atoms with E-state index in [-0.39, 0.29) is 30.2 Å². The average molecular weight is 265 g/mol. The highest BCUT2D eigenvalue weighted by molar-refractivity contribution is 5.77. The van der Waals surface area contributed by atoms with Gasteiger partial charge < -0.3 is 15.2 Å². The molecule has 0 aliphatic heterocycles. The summed E-state index contributed by atoms with van der Waals surface area (Å²) in [6, 6.07) is 5.46. The first-order chi connectivity index (χ1) is 9.08. The number of nitrogens with one attached hydrogen (secondary N) is 1. The second-order valence-electron chi connectivity index (χ2n) is 3.41. The van der Waals surface area contributed by atoms with Crippen molar-refractivity contribution in [2.24, 2.45) is 0 Å². The Morgan fingerprint density at radius 2 is 2.32 bits per heavy atom. The number of nitro benzene ring substituents is 1. The maximum Gasteiger partial charge on any atom is 0.312 e. The second kappa shape index (κ2) is 6.93. The lowest BCUT2D eigenvalue weighted by atomic mass is 10.2. The molecule has 0 unspecified atom stereocenters. The molecule has 2 N–H and O–H groups in total. The molecule has 0 bridgehead atoms. The molecular weight excluding hydrogens is 254 g/mol. The van der Waals surface area contributed by atoms with Crippen molar-refractivity contribution in [3.63, 3.8) is 0 Å². The minimum Gasteiger partial charge on any atom is -0.477 e. The average Bonchev–Trinajstić information content (AvgIpc) is 2.42. The van der Waals surface area contributed by atoms with Crippen LogP contribution in [0.5, 0.6) is 5.75 Å². The van der Waals surface area contributed by atoms with Crippen LogP contribution in [0, 0.1) is 21.4 Å². The minimum absolute atomic E-state index is 0.0810. The predicted octanol–water partition coefficient (Wildman–Crippen LogP) is -0.0462. The Morgan fingerprint density at radius 1 is 1.58 bits per heavy atom. The van der Waals surface area contributed by atoms with E-state index < -0.39 is 17.4 Å². The van der Waals surface area contributed by atoms with E-state index in [1.54, 1.807) is 6.07 Å². The van der Waals surface area contributed by atoms with Crippen molar-refractivity contribution < 1.29 is 19.6 Å². The van der Waals surface area contributed by atoms with E-state index in [0.29, 0.717) is 0 Å². The van der Waals surface area contributed by atoms with E-state index in [0.717, 1.165) is 6.07 Å². The molecule has 1 amide bonds. The lowest BCUT2D eigenvalue weighted by Crippen LogP contribution is -2.31. The molecule has 8 heteroatoms. The third kappa shape index (κ3) is 4.25. The molecule has 0 aliphatic carbocycles. The Balaban J connectivity index is 2.76. The molecular formula is C11H11N3O5.